The van der Waals surface area contributed by atoms with Crippen LogP contribution in [0.25, 0.3) is 11.5 Å². The van der Waals surface area contributed by atoms with Crippen LogP contribution in [0, 0.1) is 6.92 Å². The fraction of sp³-hybridized carbons (Fsp3) is 0.308. The number of rotatable bonds is 9. The lowest BCUT2D eigenvalue weighted by molar-refractivity contribution is 0.0867. The van der Waals surface area contributed by atoms with Crippen molar-refractivity contribution in [2.75, 3.05) is 23.8 Å². The standard InChI is InChI=1S/C26H29BN6O4/c1-5-35-27-21-12-11-18(13-20(21)26(3,4)37-27)29-25-28-14-19(24-33-32-16(2)36-24)23(31-25)30-22(15-34)17-9-7-6-8-10-17/h6-14,22,34H,5,15H2,1-4H3,(H2,28,29,30,31)/t22-/m1/s1. The minimum Gasteiger partial charge on any atom is -0.421 e. The number of benzene rings is 2. The van der Waals surface area contributed by atoms with E-state index in [-0.39, 0.29) is 19.6 Å². The van der Waals surface area contributed by atoms with E-state index in [1.54, 1.807) is 13.1 Å². The molecular weight excluding hydrogens is 471 g/mol. The Morgan fingerprint density at radius 3 is 2.65 bits per heavy atom. The van der Waals surface area contributed by atoms with Gasteiger partial charge in [-0.15, -0.1) is 10.2 Å². The van der Waals surface area contributed by atoms with Crippen molar-refractivity contribution < 1.29 is 18.8 Å². The summed E-state index contributed by atoms with van der Waals surface area (Å²) in [6.45, 7) is 8.13. The van der Waals surface area contributed by atoms with Gasteiger partial charge in [0, 0.05) is 25.4 Å². The van der Waals surface area contributed by atoms with Gasteiger partial charge in [-0.2, -0.15) is 4.98 Å². The van der Waals surface area contributed by atoms with Gasteiger partial charge in [0.2, 0.25) is 11.8 Å². The molecule has 1 atom stereocenters. The molecule has 1 aliphatic rings. The van der Waals surface area contributed by atoms with Crippen LogP contribution in [-0.2, 0) is 14.9 Å². The molecule has 2 aromatic carbocycles. The molecule has 37 heavy (non-hydrogen) atoms. The number of aliphatic hydroxyl groups is 1. The first-order chi connectivity index (χ1) is 17.9. The van der Waals surface area contributed by atoms with Crippen molar-refractivity contribution in [2.24, 2.45) is 0 Å². The maximum atomic E-state index is 10.1. The molecule has 3 N–H and O–H groups in total. The number of nitrogens with one attached hydrogen (secondary N) is 2. The van der Waals surface area contributed by atoms with E-state index >= 15 is 0 Å². The summed E-state index contributed by atoms with van der Waals surface area (Å²) < 4.78 is 17.5. The topological polar surface area (TPSA) is 127 Å². The Hall–Kier alpha value is -3.80. The summed E-state index contributed by atoms with van der Waals surface area (Å²) in [5.74, 6) is 1.53. The third-order valence-corrected chi connectivity index (χ3v) is 6.17. The minimum atomic E-state index is -0.496. The second-order valence-corrected chi connectivity index (χ2v) is 9.21. The van der Waals surface area contributed by atoms with Crippen molar-refractivity contribution in [1.82, 2.24) is 20.2 Å². The van der Waals surface area contributed by atoms with E-state index < -0.39 is 11.6 Å². The molecule has 0 aliphatic carbocycles. The third-order valence-electron chi connectivity index (χ3n) is 6.17. The van der Waals surface area contributed by atoms with E-state index in [4.69, 9.17) is 18.7 Å². The highest BCUT2D eigenvalue weighted by Crippen LogP contribution is 2.34. The molecule has 2 aromatic heterocycles. The Balaban J connectivity index is 1.47. The SMILES string of the molecule is CCOB1OC(C)(C)c2cc(Nc3ncc(-c4nnc(C)o4)c(N[C@H](CO)c4ccccc4)n3)ccc21. The molecule has 11 heteroatoms. The molecule has 0 unspecified atom stereocenters. The van der Waals surface area contributed by atoms with Crippen LogP contribution >= 0.6 is 0 Å². The number of aromatic nitrogens is 4. The smallest absolute Gasteiger partial charge is 0.421 e. The van der Waals surface area contributed by atoms with Crippen molar-refractivity contribution in [3.8, 4) is 11.5 Å². The van der Waals surface area contributed by atoms with Crippen molar-refractivity contribution in [1.29, 1.82) is 0 Å². The van der Waals surface area contributed by atoms with Gasteiger partial charge in [-0.25, -0.2) is 4.98 Å². The van der Waals surface area contributed by atoms with Gasteiger partial charge in [0.15, 0.2) is 0 Å². The highest BCUT2D eigenvalue weighted by Gasteiger charge is 2.42. The molecule has 0 radical (unpaired) electrons. The lowest BCUT2D eigenvalue weighted by Gasteiger charge is -2.21. The average Bonchev–Trinajstić information content (AvgIpc) is 3.43. The maximum absolute atomic E-state index is 10.1. The molecule has 0 spiro atoms. The number of fused-ring (bicyclic) bond motifs is 1. The quantitative estimate of drug-likeness (QED) is 0.293. The summed E-state index contributed by atoms with van der Waals surface area (Å²) in [6.07, 6.45) is 1.62. The van der Waals surface area contributed by atoms with Crippen LogP contribution in [0.15, 0.2) is 59.1 Å². The van der Waals surface area contributed by atoms with E-state index in [2.05, 4.69) is 25.8 Å². The first-order valence-corrected chi connectivity index (χ1v) is 12.2. The van der Waals surface area contributed by atoms with E-state index in [1.165, 1.54) is 0 Å². The predicted molar refractivity (Wildman–Crippen MR) is 141 cm³/mol. The maximum Gasteiger partial charge on any atom is 0.494 e. The Morgan fingerprint density at radius 1 is 1.14 bits per heavy atom. The molecule has 3 heterocycles. The normalized spacial score (nSPS) is 14.9. The highest BCUT2D eigenvalue weighted by atomic mass is 16.6. The Labute approximate surface area is 215 Å². The van der Waals surface area contributed by atoms with Crippen molar-refractivity contribution in [3.63, 3.8) is 0 Å². The Morgan fingerprint density at radius 2 is 1.95 bits per heavy atom. The van der Waals surface area contributed by atoms with E-state index in [0.29, 0.717) is 29.8 Å². The number of hydrogen-bond donors (Lipinski definition) is 3. The molecule has 190 valence electrons. The zero-order valence-corrected chi connectivity index (χ0v) is 21.2. The van der Waals surface area contributed by atoms with E-state index in [9.17, 15) is 5.11 Å². The summed E-state index contributed by atoms with van der Waals surface area (Å²) in [5.41, 5.74) is 3.80. The van der Waals surface area contributed by atoms with Crippen LogP contribution in [-0.4, -0.2) is 45.6 Å². The number of aliphatic hydroxyl groups excluding tert-OH is 1. The largest absolute Gasteiger partial charge is 0.494 e. The van der Waals surface area contributed by atoms with Crippen LogP contribution in [0.3, 0.4) is 0 Å². The molecule has 0 amide bonds. The van der Waals surface area contributed by atoms with Crippen LogP contribution in [0.1, 0.15) is 43.8 Å². The summed E-state index contributed by atoms with van der Waals surface area (Å²) in [7, 11) is -0.387. The highest BCUT2D eigenvalue weighted by molar-refractivity contribution is 6.63. The van der Waals surface area contributed by atoms with Crippen LogP contribution < -0.4 is 16.1 Å². The number of nitrogens with zero attached hydrogens (tertiary/aromatic N) is 4. The third kappa shape index (κ3) is 5.20. The van der Waals surface area contributed by atoms with E-state index in [0.717, 1.165) is 22.3 Å². The van der Waals surface area contributed by atoms with Gasteiger partial charge < -0.3 is 29.5 Å². The van der Waals surface area contributed by atoms with Crippen LogP contribution in [0.4, 0.5) is 17.5 Å². The summed E-state index contributed by atoms with van der Waals surface area (Å²) in [4.78, 5) is 9.20. The molecule has 1 aliphatic heterocycles. The van der Waals surface area contributed by atoms with Gasteiger partial charge in [0.1, 0.15) is 5.82 Å². The molecule has 10 nitrogen and oxygen atoms in total. The van der Waals surface area contributed by atoms with Gasteiger partial charge in [-0.1, -0.05) is 36.4 Å². The first kappa shape index (κ1) is 24.9. The van der Waals surface area contributed by atoms with Crippen LogP contribution in [0.5, 0.6) is 0 Å². The van der Waals surface area contributed by atoms with Crippen molar-refractivity contribution in [2.45, 2.75) is 39.3 Å². The minimum absolute atomic E-state index is 0.139. The molecule has 5 rings (SSSR count). The second-order valence-electron chi connectivity index (χ2n) is 9.21. The monoisotopic (exact) mass is 500 g/mol. The van der Waals surface area contributed by atoms with E-state index in [1.807, 2.05) is 69.3 Å². The zero-order valence-electron chi connectivity index (χ0n) is 21.2. The fourth-order valence-electron chi connectivity index (χ4n) is 4.36. The van der Waals surface area contributed by atoms with Gasteiger partial charge in [-0.3, -0.25) is 0 Å². The molecular formula is C26H29BN6O4. The number of aryl methyl sites for hydroxylation is 1. The Kier molecular flexibility index (Phi) is 6.92. The second kappa shape index (κ2) is 10.3. The number of anilines is 3. The van der Waals surface area contributed by atoms with Gasteiger partial charge in [0.25, 0.3) is 5.89 Å². The molecule has 4 aromatic rings. The molecule has 0 saturated heterocycles. The van der Waals surface area contributed by atoms with Crippen molar-refractivity contribution >= 4 is 30.0 Å². The van der Waals surface area contributed by atoms with Gasteiger partial charge in [-0.05, 0) is 49.5 Å². The fourth-order valence-corrected chi connectivity index (χ4v) is 4.36. The number of hydrogen-bond acceptors (Lipinski definition) is 10. The first-order valence-electron chi connectivity index (χ1n) is 12.2. The molecule has 0 fully saturated rings. The molecule has 0 bridgehead atoms. The zero-order chi connectivity index (χ0) is 26.0. The summed E-state index contributed by atoms with van der Waals surface area (Å²) in [6, 6.07) is 15.2. The summed E-state index contributed by atoms with van der Waals surface area (Å²) >= 11 is 0. The van der Waals surface area contributed by atoms with Crippen molar-refractivity contribution in [3.05, 3.63) is 71.7 Å². The molecule has 0 saturated carbocycles. The summed E-state index contributed by atoms with van der Waals surface area (Å²) in [5, 5.41) is 24.8. The lowest BCUT2D eigenvalue weighted by Crippen LogP contribution is -2.32. The van der Waals surface area contributed by atoms with Gasteiger partial charge in [0.05, 0.1) is 23.8 Å². The lowest BCUT2D eigenvalue weighted by atomic mass is 9.77. The van der Waals surface area contributed by atoms with Gasteiger partial charge >= 0.3 is 7.12 Å². The Bertz CT molecular complexity index is 1380. The van der Waals surface area contributed by atoms with Crippen LogP contribution in [0.2, 0.25) is 0 Å². The average molecular weight is 500 g/mol. The predicted octanol–water partition coefficient (Wildman–Crippen LogP) is 3.72.